The lowest BCUT2D eigenvalue weighted by atomic mass is 10.1. The number of hydrogen-bond acceptors (Lipinski definition) is 6. The van der Waals surface area contributed by atoms with Crippen LogP contribution in [0, 0.1) is 13.8 Å². The molecule has 1 saturated heterocycles. The summed E-state index contributed by atoms with van der Waals surface area (Å²) < 4.78 is 2.67. The average Bonchev–Trinajstić information content (AvgIpc) is 3.23. The van der Waals surface area contributed by atoms with Crippen LogP contribution in [0.3, 0.4) is 0 Å². The van der Waals surface area contributed by atoms with E-state index in [1.54, 1.807) is 9.47 Å². The molecule has 4 rings (SSSR count). The second-order valence-electron chi connectivity index (χ2n) is 8.52. The van der Waals surface area contributed by atoms with Crippen LogP contribution in [0.5, 0.6) is 0 Å². The van der Waals surface area contributed by atoms with Gasteiger partial charge in [0.1, 0.15) is 5.00 Å². The number of aliphatic hydroxyl groups excluding tert-OH is 1. The lowest BCUT2D eigenvalue weighted by Crippen LogP contribution is -2.49. The van der Waals surface area contributed by atoms with Crippen molar-refractivity contribution < 1.29 is 9.90 Å². The smallest absolute Gasteiger partial charge is 0.336 e. The van der Waals surface area contributed by atoms with E-state index in [-0.39, 0.29) is 6.54 Å². The summed E-state index contributed by atoms with van der Waals surface area (Å²) >= 11 is 1.44. The Morgan fingerprint density at radius 2 is 1.70 bits per heavy atom. The second-order valence-corrected chi connectivity index (χ2v) is 9.41. The molecule has 8 nitrogen and oxygen atoms in total. The molecule has 174 valence electrons. The maximum absolute atomic E-state index is 13.5. The number of carbonyl (C=O) groups excluding carboxylic acids is 1. The zero-order chi connectivity index (χ0) is 23.5. The molecule has 1 aliphatic rings. The van der Waals surface area contributed by atoms with Gasteiger partial charge in [-0.1, -0.05) is 29.8 Å². The fourth-order valence-corrected chi connectivity index (χ4v) is 4.96. The first kappa shape index (κ1) is 23.2. The van der Waals surface area contributed by atoms with Gasteiger partial charge in [-0.25, -0.2) is 4.79 Å². The number of β-amino-alcohol motifs (C(OH)–C–C–N with tert-alkyl or cyclic N) is 1. The molecule has 0 spiro atoms. The SMILES string of the molecule is Cc1ccc(-c2cc(=O)n(CC(O)CN3CCN(C=O)CC3)c(=O)n2-c2cc(C)cs2)cc1. The van der Waals surface area contributed by atoms with Crippen molar-refractivity contribution in [1.82, 2.24) is 18.9 Å². The lowest BCUT2D eigenvalue weighted by molar-refractivity contribution is -0.119. The number of thiophene rings is 1. The third-order valence-electron chi connectivity index (χ3n) is 5.89. The Morgan fingerprint density at radius 3 is 2.30 bits per heavy atom. The molecule has 3 aromatic rings. The van der Waals surface area contributed by atoms with Crippen molar-refractivity contribution >= 4 is 17.7 Å². The number of hydrogen-bond donors (Lipinski definition) is 1. The van der Waals surface area contributed by atoms with E-state index in [0.29, 0.717) is 38.4 Å². The second kappa shape index (κ2) is 9.86. The molecular weight excluding hydrogens is 440 g/mol. The first-order valence-corrected chi connectivity index (χ1v) is 11.8. The highest BCUT2D eigenvalue weighted by molar-refractivity contribution is 7.12. The van der Waals surface area contributed by atoms with Gasteiger partial charge in [-0.2, -0.15) is 0 Å². The van der Waals surface area contributed by atoms with E-state index >= 15 is 0 Å². The number of aliphatic hydroxyl groups is 1. The molecule has 2 aromatic heterocycles. The Kier molecular flexibility index (Phi) is 6.92. The Bertz CT molecular complexity index is 1240. The number of amides is 1. The van der Waals surface area contributed by atoms with E-state index < -0.39 is 17.4 Å². The molecule has 1 unspecified atom stereocenters. The van der Waals surface area contributed by atoms with Gasteiger partial charge in [0, 0.05) is 38.8 Å². The molecule has 9 heteroatoms. The van der Waals surface area contributed by atoms with Crippen LogP contribution in [0.1, 0.15) is 11.1 Å². The number of aryl methyl sites for hydroxylation is 2. The highest BCUT2D eigenvalue weighted by Gasteiger charge is 2.21. The number of carbonyl (C=O) groups is 1. The van der Waals surface area contributed by atoms with Gasteiger partial charge >= 0.3 is 5.69 Å². The lowest BCUT2D eigenvalue weighted by Gasteiger charge is -2.33. The molecule has 0 aliphatic carbocycles. The first-order chi connectivity index (χ1) is 15.9. The summed E-state index contributed by atoms with van der Waals surface area (Å²) in [4.78, 5) is 41.1. The molecule has 1 atom stereocenters. The Morgan fingerprint density at radius 1 is 1.00 bits per heavy atom. The summed E-state index contributed by atoms with van der Waals surface area (Å²) in [6.07, 6.45) is -0.0561. The number of nitrogens with zero attached hydrogens (tertiary/aromatic N) is 4. The molecule has 0 bridgehead atoms. The van der Waals surface area contributed by atoms with Gasteiger partial charge in [0.25, 0.3) is 5.56 Å². The molecule has 33 heavy (non-hydrogen) atoms. The van der Waals surface area contributed by atoms with Gasteiger partial charge in [-0.05, 0) is 36.4 Å². The maximum Gasteiger partial charge on any atom is 0.336 e. The molecule has 0 saturated carbocycles. The first-order valence-electron chi connectivity index (χ1n) is 10.9. The Balaban J connectivity index is 1.66. The topological polar surface area (TPSA) is 87.8 Å². The van der Waals surface area contributed by atoms with Gasteiger partial charge in [-0.15, -0.1) is 11.3 Å². The summed E-state index contributed by atoms with van der Waals surface area (Å²) in [6, 6.07) is 11.1. The van der Waals surface area contributed by atoms with Crippen molar-refractivity contribution in [3.05, 3.63) is 73.7 Å². The molecule has 1 aliphatic heterocycles. The zero-order valence-corrected chi connectivity index (χ0v) is 19.6. The fraction of sp³-hybridized carbons (Fsp3) is 0.375. The summed E-state index contributed by atoms with van der Waals surface area (Å²) in [5, 5.41) is 13.4. The molecule has 1 fully saturated rings. The van der Waals surface area contributed by atoms with E-state index in [9.17, 15) is 19.5 Å². The largest absolute Gasteiger partial charge is 0.390 e. The predicted molar refractivity (Wildman–Crippen MR) is 129 cm³/mol. The van der Waals surface area contributed by atoms with Crippen LogP contribution in [-0.4, -0.2) is 69.3 Å². The number of piperazine rings is 1. The zero-order valence-electron chi connectivity index (χ0n) is 18.8. The minimum absolute atomic E-state index is 0.0932. The highest BCUT2D eigenvalue weighted by Crippen LogP contribution is 2.24. The maximum atomic E-state index is 13.5. The van der Waals surface area contributed by atoms with E-state index in [4.69, 9.17) is 0 Å². The third kappa shape index (κ3) is 5.16. The third-order valence-corrected chi connectivity index (χ3v) is 6.92. The standard InChI is InChI=1S/C24H28N4O4S/c1-17-3-5-19(6-4-17)21-12-22(31)27(24(32)28(21)23-11-18(2)15-33-23)14-20(30)13-25-7-9-26(16-29)10-8-25/h3-6,11-12,15-16,20,30H,7-10,13-14H2,1-2H3. The van der Waals surface area contributed by atoms with Crippen molar-refractivity contribution in [1.29, 1.82) is 0 Å². The van der Waals surface area contributed by atoms with E-state index in [1.807, 2.05) is 54.5 Å². The fourth-order valence-electron chi connectivity index (χ4n) is 4.05. The van der Waals surface area contributed by atoms with Crippen LogP contribution < -0.4 is 11.2 Å². The Hall–Kier alpha value is -3.01. The van der Waals surface area contributed by atoms with Crippen LogP contribution in [0.2, 0.25) is 0 Å². The Labute approximate surface area is 195 Å². The van der Waals surface area contributed by atoms with Crippen molar-refractivity contribution in [2.45, 2.75) is 26.5 Å². The van der Waals surface area contributed by atoms with Gasteiger partial charge < -0.3 is 10.0 Å². The van der Waals surface area contributed by atoms with Crippen LogP contribution in [0.25, 0.3) is 16.3 Å². The van der Waals surface area contributed by atoms with Crippen LogP contribution in [0.15, 0.2) is 51.4 Å². The minimum Gasteiger partial charge on any atom is -0.390 e. The van der Waals surface area contributed by atoms with Gasteiger partial charge in [0.15, 0.2) is 0 Å². The van der Waals surface area contributed by atoms with Crippen LogP contribution in [0.4, 0.5) is 0 Å². The summed E-state index contributed by atoms with van der Waals surface area (Å²) in [5.74, 6) is 0. The van der Waals surface area contributed by atoms with E-state index in [2.05, 4.69) is 0 Å². The quantitative estimate of drug-likeness (QED) is 0.531. The molecule has 3 heterocycles. The summed E-state index contributed by atoms with van der Waals surface area (Å²) in [5.41, 5.74) is 2.52. The van der Waals surface area contributed by atoms with Gasteiger partial charge in [-0.3, -0.25) is 23.6 Å². The average molecular weight is 469 g/mol. The van der Waals surface area contributed by atoms with Crippen molar-refractivity contribution in [3.63, 3.8) is 0 Å². The number of benzene rings is 1. The van der Waals surface area contributed by atoms with Gasteiger partial charge in [0.2, 0.25) is 6.41 Å². The molecular formula is C24H28N4O4S. The van der Waals surface area contributed by atoms with Crippen LogP contribution >= 0.6 is 11.3 Å². The van der Waals surface area contributed by atoms with E-state index in [1.165, 1.54) is 17.4 Å². The number of rotatable bonds is 7. The van der Waals surface area contributed by atoms with Crippen molar-refractivity contribution in [2.24, 2.45) is 0 Å². The summed E-state index contributed by atoms with van der Waals surface area (Å²) in [6.45, 7) is 6.68. The highest BCUT2D eigenvalue weighted by atomic mass is 32.1. The van der Waals surface area contributed by atoms with E-state index in [0.717, 1.165) is 32.7 Å². The minimum atomic E-state index is -0.887. The molecule has 1 N–H and O–H groups in total. The predicted octanol–water partition coefficient (Wildman–Crippen LogP) is 1.48. The molecule has 1 aromatic carbocycles. The van der Waals surface area contributed by atoms with Crippen molar-refractivity contribution in [3.8, 4) is 16.3 Å². The monoisotopic (exact) mass is 468 g/mol. The number of aromatic nitrogens is 2. The van der Waals surface area contributed by atoms with Crippen molar-refractivity contribution in [2.75, 3.05) is 32.7 Å². The molecule has 1 amide bonds. The van der Waals surface area contributed by atoms with Gasteiger partial charge in [0.05, 0.1) is 18.3 Å². The summed E-state index contributed by atoms with van der Waals surface area (Å²) in [7, 11) is 0. The normalized spacial score (nSPS) is 15.5. The molecule has 0 radical (unpaired) electrons. The van der Waals surface area contributed by atoms with Crippen LogP contribution in [-0.2, 0) is 11.3 Å².